The molecule has 1 aromatic heterocycles. The molecule has 1 aromatic carbocycles. The fourth-order valence-corrected chi connectivity index (χ4v) is 2.19. The Morgan fingerprint density at radius 3 is 2.62 bits per heavy atom. The Labute approximate surface area is 125 Å². The van der Waals surface area contributed by atoms with Crippen molar-refractivity contribution >= 4 is 17.3 Å². The molecular formula is C16H22N4O. The summed E-state index contributed by atoms with van der Waals surface area (Å²) in [4.78, 5) is 8.73. The van der Waals surface area contributed by atoms with E-state index in [1.807, 2.05) is 24.3 Å². The van der Waals surface area contributed by atoms with Gasteiger partial charge in [0.15, 0.2) is 0 Å². The van der Waals surface area contributed by atoms with Crippen LogP contribution in [0.3, 0.4) is 0 Å². The van der Waals surface area contributed by atoms with E-state index in [1.54, 1.807) is 13.4 Å². The zero-order valence-electron chi connectivity index (χ0n) is 13.0. The minimum absolute atomic E-state index is 0.313. The van der Waals surface area contributed by atoms with Gasteiger partial charge in [0.1, 0.15) is 23.7 Å². The maximum Gasteiger partial charge on any atom is 0.139 e. The lowest BCUT2D eigenvalue weighted by atomic mass is 10.0. The average molecular weight is 286 g/mol. The summed E-state index contributed by atoms with van der Waals surface area (Å²) in [5.74, 6) is 2.83. The number of aromatic nitrogens is 2. The standard InChI is InChI=1S/C16H22N4O/c1-5-17-15-14(11(2)3)16(19-10-18-15)20-12-7-6-8-13(9-12)21-4/h6-11H,5H2,1-4H3,(H2,17,18,19,20). The summed E-state index contributed by atoms with van der Waals surface area (Å²) in [6.45, 7) is 7.16. The van der Waals surface area contributed by atoms with Gasteiger partial charge in [-0.3, -0.25) is 0 Å². The predicted octanol–water partition coefficient (Wildman–Crippen LogP) is 3.78. The van der Waals surface area contributed by atoms with Crippen molar-refractivity contribution in [1.82, 2.24) is 9.97 Å². The number of nitrogens with zero attached hydrogens (tertiary/aromatic N) is 2. The van der Waals surface area contributed by atoms with E-state index in [0.717, 1.165) is 35.2 Å². The highest BCUT2D eigenvalue weighted by atomic mass is 16.5. The van der Waals surface area contributed by atoms with Crippen molar-refractivity contribution in [3.05, 3.63) is 36.2 Å². The number of methoxy groups -OCH3 is 1. The molecule has 5 heteroatoms. The molecule has 2 aromatic rings. The van der Waals surface area contributed by atoms with E-state index in [0.29, 0.717) is 5.92 Å². The first-order chi connectivity index (χ1) is 10.2. The molecule has 21 heavy (non-hydrogen) atoms. The zero-order chi connectivity index (χ0) is 15.2. The molecular weight excluding hydrogens is 264 g/mol. The molecule has 0 amide bonds. The van der Waals surface area contributed by atoms with Gasteiger partial charge < -0.3 is 15.4 Å². The molecule has 0 unspecified atom stereocenters. The predicted molar refractivity (Wildman–Crippen MR) is 86.6 cm³/mol. The maximum absolute atomic E-state index is 5.25. The van der Waals surface area contributed by atoms with E-state index >= 15 is 0 Å². The molecule has 0 fully saturated rings. The summed E-state index contributed by atoms with van der Waals surface area (Å²) in [6, 6.07) is 7.79. The molecule has 0 saturated carbocycles. The van der Waals surface area contributed by atoms with E-state index in [-0.39, 0.29) is 0 Å². The van der Waals surface area contributed by atoms with Crippen molar-refractivity contribution in [2.45, 2.75) is 26.7 Å². The first kappa shape index (κ1) is 15.1. The van der Waals surface area contributed by atoms with Crippen LogP contribution in [0.15, 0.2) is 30.6 Å². The topological polar surface area (TPSA) is 59.1 Å². The molecule has 0 bridgehead atoms. The van der Waals surface area contributed by atoms with Gasteiger partial charge in [-0.05, 0) is 25.0 Å². The highest BCUT2D eigenvalue weighted by Crippen LogP contribution is 2.30. The summed E-state index contributed by atoms with van der Waals surface area (Å²) >= 11 is 0. The fraction of sp³-hybridized carbons (Fsp3) is 0.375. The van der Waals surface area contributed by atoms with E-state index in [1.165, 1.54) is 0 Å². The van der Waals surface area contributed by atoms with Crippen molar-refractivity contribution in [3.8, 4) is 5.75 Å². The number of hydrogen-bond donors (Lipinski definition) is 2. The monoisotopic (exact) mass is 286 g/mol. The minimum atomic E-state index is 0.313. The second-order valence-corrected chi connectivity index (χ2v) is 5.03. The first-order valence-corrected chi connectivity index (χ1v) is 7.15. The Kier molecular flexibility index (Phi) is 4.98. The van der Waals surface area contributed by atoms with Crippen LogP contribution in [-0.4, -0.2) is 23.6 Å². The van der Waals surface area contributed by atoms with Crippen LogP contribution in [-0.2, 0) is 0 Å². The van der Waals surface area contributed by atoms with Gasteiger partial charge in [0.2, 0.25) is 0 Å². The Morgan fingerprint density at radius 2 is 1.95 bits per heavy atom. The molecule has 1 heterocycles. The highest BCUT2D eigenvalue weighted by Gasteiger charge is 2.14. The third-order valence-corrected chi connectivity index (χ3v) is 3.14. The van der Waals surface area contributed by atoms with Gasteiger partial charge in [0.25, 0.3) is 0 Å². The van der Waals surface area contributed by atoms with Crippen molar-refractivity contribution in [1.29, 1.82) is 0 Å². The smallest absolute Gasteiger partial charge is 0.139 e. The van der Waals surface area contributed by atoms with Crippen LogP contribution >= 0.6 is 0 Å². The van der Waals surface area contributed by atoms with Crippen LogP contribution in [0.5, 0.6) is 5.75 Å². The second-order valence-electron chi connectivity index (χ2n) is 5.03. The van der Waals surface area contributed by atoms with Crippen molar-refractivity contribution in [2.24, 2.45) is 0 Å². The largest absolute Gasteiger partial charge is 0.497 e. The zero-order valence-corrected chi connectivity index (χ0v) is 13.0. The van der Waals surface area contributed by atoms with Gasteiger partial charge in [0.05, 0.1) is 7.11 Å². The SMILES string of the molecule is CCNc1ncnc(Nc2cccc(OC)c2)c1C(C)C. The lowest BCUT2D eigenvalue weighted by molar-refractivity contribution is 0.415. The first-order valence-electron chi connectivity index (χ1n) is 7.15. The Bertz CT molecular complexity index is 599. The van der Waals surface area contributed by atoms with Crippen LogP contribution < -0.4 is 15.4 Å². The van der Waals surface area contributed by atoms with Crippen LogP contribution in [0.1, 0.15) is 32.3 Å². The molecule has 2 N–H and O–H groups in total. The number of anilines is 3. The third kappa shape index (κ3) is 3.62. The second kappa shape index (κ2) is 6.92. The summed E-state index contributed by atoms with van der Waals surface area (Å²) in [7, 11) is 1.66. The lowest BCUT2D eigenvalue weighted by Gasteiger charge is -2.17. The lowest BCUT2D eigenvalue weighted by Crippen LogP contribution is -2.09. The van der Waals surface area contributed by atoms with E-state index in [4.69, 9.17) is 4.74 Å². The van der Waals surface area contributed by atoms with E-state index in [9.17, 15) is 0 Å². The van der Waals surface area contributed by atoms with Crippen LogP contribution in [0.4, 0.5) is 17.3 Å². The molecule has 112 valence electrons. The van der Waals surface area contributed by atoms with Crippen LogP contribution in [0.2, 0.25) is 0 Å². The molecule has 2 rings (SSSR count). The molecule has 0 atom stereocenters. The van der Waals surface area contributed by atoms with Crippen LogP contribution in [0, 0.1) is 0 Å². The Morgan fingerprint density at radius 1 is 1.19 bits per heavy atom. The molecule has 5 nitrogen and oxygen atoms in total. The molecule has 0 spiro atoms. The van der Waals surface area contributed by atoms with Gasteiger partial charge in [0, 0.05) is 23.9 Å². The van der Waals surface area contributed by atoms with Gasteiger partial charge in [-0.1, -0.05) is 19.9 Å². The van der Waals surface area contributed by atoms with Crippen LogP contribution in [0.25, 0.3) is 0 Å². The maximum atomic E-state index is 5.25. The number of benzene rings is 1. The van der Waals surface area contributed by atoms with Gasteiger partial charge in [-0.2, -0.15) is 0 Å². The summed E-state index contributed by atoms with van der Waals surface area (Å²) < 4.78 is 5.25. The van der Waals surface area contributed by atoms with Gasteiger partial charge >= 0.3 is 0 Å². The van der Waals surface area contributed by atoms with Crippen molar-refractivity contribution in [2.75, 3.05) is 24.3 Å². The number of nitrogens with one attached hydrogen (secondary N) is 2. The van der Waals surface area contributed by atoms with Gasteiger partial charge in [-0.15, -0.1) is 0 Å². The fourth-order valence-electron chi connectivity index (χ4n) is 2.19. The number of hydrogen-bond acceptors (Lipinski definition) is 5. The quantitative estimate of drug-likeness (QED) is 0.846. The summed E-state index contributed by atoms with van der Waals surface area (Å²) in [5, 5.41) is 6.65. The Hall–Kier alpha value is -2.30. The van der Waals surface area contributed by atoms with Crippen molar-refractivity contribution < 1.29 is 4.74 Å². The molecule has 0 aliphatic heterocycles. The normalized spacial score (nSPS) is 10.5. The van der Waals surface area contributed by atoms with Crippen molar-refractivity contribution in [3.63, 3.8) is 0 Å². The molecule has 0 radical (unpaired) electrons. The average Bonchev–Trinajstić information content (AvgIpc) is 2.47. The van der Waals surface area contributed by atoms with E-state index in [2.05, 4.69) is 41.4 Å². The number of ether oxygens (including phenoxy) is 1. The van der Waals surface area contributed by atoms with Gasteiger partial charge in [-0.25, -0.2) is 9.97 Å². The minimum Gasteiger partial charge on any atom is -0.497 e. The molecule has 0 aliphatic carbocycles. The number of rotatable bonds is 6. The third-order valence-electron chi connectivity index (χ3n) is 3.14. The molecule has 0 saturated heterocycles. The highest BCUT2D eigenvalue weighted by molar-refractivity contribution is 5.66. The van der Waals surface area contributed by atoms with E-state index < -0.39 is 0 Å². The molecule has 0 aliphatic rings. The summed E-state index contributed by atoms with van der Waals surface area (Å²) in [6.07, 6.45) is 1.58. The summed E-state index contributed by atoms with van der Waals surface area (Å²) in [5.41, 5.74) is 2.03. The Balaban J connectivity index is 2.36.